The lowest BCUT2D eigenvalue weighted by Crippen LogP contribution is -2.47. The Labute approximate surface area is 196 Å². The van der Waals surface area contributed by atoms with Crippen molar-refractivity contribution in [3.63, 3.8) is 0 Å². The Kier molecular flexibility index (Phi) is 7.40. The Morgan fingerprint density at radius 2 is 2.03 bits per heavy atom. The predicted octanol–water partition coefficient (Wildman–Crippen LogP) is 2.19. The highest BCUT2D eigenvalue weighted by atomic mass is 35.5. The van der Waals surface area contributed by atoms with Crippen LogP contribution in [0.3, 0.4) is 0 Å². The molecule has 1 aromatic carbocycles. The summed E-state index contributed by atoms with van der Waals surface area (Å²) in [5.74, 6) is 0.689. The van der Waals surface area contributed by atoms with Gasteiger partial charge in [0.25, 0.3) is 0 Å². The summed E-state index contributed by atoms with van der Waals surface area (Å²) < 4.78 is 7.66. The molecule has 11 heteroatoms. The molecule has 2 aliphatic rings. The number of anilines is 1. The molecule has 1 fully saturated rings. The summed E-state index contributed by atoms with van der Waals surface area (Å²) in [6.45, 7) is 4.19. The standard InChI is InChI=1S/C21H28ClN5O4S/c1-3-4-12(2)25-26-11-23-9-15-19(26)27(20-18(30)17(29)16(10-28)31-20)21(24-15)32-14-7-5-13(22)6-8-14/h5-9,12,16-18,20,25,28-30H,3-4,10-11H2,1-2H3/t12?,16-,17-,18-,20-/m1/s1. The summed E-state index contributed by atoms with van der Waals surface area (Å²) in [6.07, 6.45) is -0.558. The fourth-order valence-electron chi connectivity index (χ4n) is 3.92. The van der Waals surface area contributed by atoms with E-state index < -0.39 is 31.1 Å². The second kappa shape index (κ2) is 10.1. The van der Waals surface area contributed by atoms with Crippen molar-refractivity contribution in [2.45, 2.75) is 67.3 Å². The van der Waals surface area contributed by atoms with Crippen molar-refractivity contribution in [1.29, 1.82) is 0 Å². The molecule has 0 spiro atoms. The third-order valence-electron chi connectivity index (χ3n) is 5.46. The van der Waals surface area contributed by atoms with E-state index in [4.69, 9.17) is 21.3 Å². The summed E-state index contributed by atoms with van der Waals surface area (Å²) in [5.41, 5.74) is 4.09. The average molecular weight is 482 g/mol. The van der Waals surface area contributed by atoms with E-state index in [1.807, 2.05) is 17.1 Å². The van der Waals surface area contributed by atoms with Crippen LogP contribution in [0, 0.1) is 0 Å². The molecular formula is C21H28ClN5O4S. The first-order valence-electron chi connectivity index (χ1n) is 10.6. The number of hydrogen-bond donors (Lipinski definition) is 4. The number of nitrogens with zero attached hydrogens (tertiary/aromatic N) is 4. The first-order chi connectivity index (χ1) is 15.4. The molecule has 174 valence electrons. The molecule has 0 radical (unpaired) electrons. The molecule has 4 rings (SSSR count). The number of aromatic nitrogens is 2. The largest absolute Gasteiger partial charge is 0.394 e. The zero-order valence-corrected chi connectivity index (χ0v) is 19.5. The molecule has 4 N–H and O–H groups in total. The van der Waals surface area contributed by atoms with Gasteiger partial charge in [0, 0.05) is 16.0 Å². The van der Waals surface area contributed by atoms with Crippen molar-refractivity contribution in [2.75, 3.05) is 18.3 Å². The summed E-state index contributed by atoms with van der Waals surface area (Å²) in [4.78, 5) is 10.1. The van der Waals surface area contributed by atoms with Gasteiger partial charge in [0.1, 0.15) is 30.7 Å². The number of ether oxygens (including phenoxy) is 1. The maximum absolute atomic E-state index is 10.8. The SMILES string of the molecule is CCCC(C)NN1CN=Cc2nc(Sc3ccc(Cl)cc3)n([C@@H]3O[C@H](CO)[C@@H](O)[C@H]3O)c21. The van der Waals surface area contributed by atoms with E-state index in [0.717, 1.165) is 17.7 Å². The van der Waals surface area contributed by atoms with Crippen molar-refractivity contribution in [1.82, 2.24) is 15.0 Å². The van der Waals surface area contributed by atoms with Gasteiger partial charge in [-0.1, -0.05) is 36.7 Å². The first-order valence-corrected chi connectivity index (χ1v) is 11.8. The van der Waals surface area contributed by atoms with Crippen LogP contribution in [0.5, 0.6) is 0 Å². The minimum Gasteiger partial charge on any atom is -0.394 e. The summed E-state index contributed by atoms with van der Waals surface area (Å²) >= 11 is 7.41. The van der Waals surface area contributed by atoms with E-state index in [1.54, 1.807) is 22.9 Å². The van der Waals surface area contributed by atoms with Crippen molar-refractivity contribution >= 4 is 35.4 Å². The topological polar surface area (TPSA) is 115 Å². The Morgan fingerprint density at radius 3 is 2.69 bits per heavy atom. The minimum atomic E-state index is -1.23. The zero-order valence-electron chi connectivity index (χ0n) is 17.9. The summed E-state index contributed by atoms with van der Waals surface area (Å²) in [7, 11) is 0. The maximum Gasteiger partial charge on any atom is 0.177 e. The third-order valence-corrected chi connectivity index (χ3v) is 6.69. The van der Waals surface area contributed by atoms with E-state index in [0.29, 0.717) is 28.4 Å². The van der Waals surface area contributed by atoms with Crippen LogP contribution in [0.4, 0.5) is 5.82 Å². The monoisotopic (exact) mass is 481 g/mol. The lowest BCUT2D eigenvalue weighted by molar-refractivity contribution is -0.0561. The van der Waals surface area contributed by atoms with E-state index >= 15 is 0 Å². The van der Waals surface area contributed by atoms with Gasteiger partial charge in [-0.25, -0.2) is 10.4 Å². The van der Waals surface area contributed by atoms with Crippen molar-refractivity contribution in [3.8, 4) is 0 Å². The third kappa shape index (κ3) is 4.67. The lowest BCUT2D eigenvalue weighted by Gasteiger charge is -2.32. The molecule has 1 aromatic heterocycles. The Morgan fingerprint density at radius 1 is 1.28 bits per heavy atom. The van der Waals surface area contributed by atoms with Gasteiger partial charge in [0.15, 0.2) is 17.2 Å². The van der Waals surface area contributed by atoms with E-state index in [2.05, 4.69) is 24.3 Å². The molecule has 2 aliphatic heterocycles. The molecule has 32 heavy (non-hydrogen) atoms. The molecule has 1 unspecified atom stereocenters. The van der Waals surface area contributed by atoms with Gasteiger partial charge in [-0.15, -0.1) is 0 Å². The number of imidazole rings is 1. The van der Waals surface area contributed by atoms with Gasteiger partial charge in [-0.3, -0.25) is 14.6 Å². The molecule has 1 saturated heterocycles. The van der Waals surface area contributed by atoms with Gasteiger partial charge >= 0.3 is 0 Å². The van der Waals surface area contributed by atoms with E-state index in [1.165, 1.54) is 11.8 Å². The quantitative estimate of drug-likeness (QED) is 0.453. The number of halogens is 1. The number of hydrazine groups is 1. The second-order valence-electron chi connectivity index (χ2n) is 7.96. The Hall–Kier alpha value is -1.66. The van der Waals surface area contributed by atoms with E-state index in [9.17, 15) is 15.3 Å². The number of nitrogens with one attached hydrogen (secondary N) is 1. The minimum absolute atomic E-state index is 0.196. The number of aliphatic hydroxyl groups excluding tert-OH is 3. The molecular weight excluding hydrogens is 454 g/mol. The lowest BCUT2D eigenvalue weighted by atomic mass is 10.1. The van der Waals surface area contributed by atoms with Gasteiger partial charge < -0.3 is 20.1 Å². The second-order valence-corrected chi connectivity index (χ2v) is 9.44. The van der Waals surface area contributed by atoms with Crippen molar-refractivity contribution < 1.29 is 20.1 Å². The Bertz CT molecular complexity index is 956. The highest BCUT2D eigenvalue weighted by Crippen LogP contribution is 2.40. The fourth-order valence-corrected chi connectivity index (χ4v) is 4.96. The highest BCUT2D eigenvalue weighted by Gasteiger charge is 2.46. The van der Waals surface area contributed by atoms with Gasteiger partial charge in [-0.05, 0) is 37.6 Å². The van der Waals surface area contributed by atoms with Crippen molar-refractivity contribution in [3.05, 3.63) is 35.0 Å². The molecule has 9 nitrogen and oxygen atoms in total. The van der Waals surface area contributed by atoms with Crippen LogP contribution in [0.15, 0.2) is 39.3 Å². The molecule has 3 heterocycles. The van der Waals surface area contributed by atoms with Crippen LogP contribution < -0.4 is 10.4 Å². The van der Waals surface area contributed by atoms with Crippen LogP contribution in [0.25, 0.3) is 0 Å². The summed E-state index contributed by atoms with van der Waals surface area (Å²) in [5, 5.41) is 33.8. The predicted molar refractivity (Wildman–Crippen MR) is 123 cm³/mol. The normalized spacial score (nSPS) is 25.9. The van der Waals surface area contributed by atoms with Crippen LogP contribution in [0.1, 0.15) is 38.6 Å². The zero-order chi connectivity index (χ0) is 22.8. The average Bonchev–Trinajstić information content (AvgIpc) is 3.27. The van der Waals surface area contributed by atoms with Gasteiger partial charge in [0.2, 0.25) is 0 Å². The Balaban J connectivity index is 1.76. The van der Waals surface area contributed by atoms with Crippen LogP contribution in [-0.2, 0) is 4.74 Å². The van der Waals surface area contributed by atoms with Crippen LogP contribution in [0.2, 0.25) is 5.02 Å². The number of aliphatic hydroxyl groups is 3. The smallest absolute Gasteiger partial charge is 0.177 e. The van der Waals surface area contributed by atoms with Gasteiger partial charge in [0.05, 0.1) is 12.8 Å². The molecule has 0 bridgehead atoms. The first kappa shape index (κ1) is 23.5. The molecule has 0 saturated carbocycles. The van der Waals surface area contributed by atoms with Crippen LogP contribution in [-0.4, -0.2) is 68.7 Å². The number of rotatable bonds is 8. The molecule has 2 aromatic rings. The number of hydrogen-bond acceptors (Lipinski definition) is 9. The van der Waals surface area contributed by atoms with E-state index in [-0.39, 0.29) is 6.04 Å². The fraction of sp³-hybridized carbons (Fsp3) is 0.524. The molecule has 0 amide bonds. The number of fused-ring (bicyclic) bond motifs is 1. The summed E-state index contributed by atoms with van der Waals surface area (Å²) in [6, 6.07) is 7.56. The maximum atomic E-state index is 10.8. The van der Waals surface area contributed by atoms with Crippen LogP contribution >= 0.6 is 23.4 Å². The highest BCUT2D eigenvalue weighted by molar-refractivity contribution is 7.99. The molecule has 0 aliphatic carbocycles. The van der Waals surface area contributed by atoms with Crippen molar-refractivity contribution in [2.24, 2.45) is 4.99 Å². The van der Waals surface area contributed by atoms with Gasteiger partial charge in [-0.2, -0.15) is 0 Å². The number of benzene rings is 1. The molecule has 5 atom stereocenters. The number of aliphatic imine (C=N–C) groups is 1.